The number of carbonyl (C=O) groups is 1. The van der Waals surface area contributed by atoms with Crippen molar-refractivity contribution in [3.05, 3.63) is 65.7 Å². The third kappa shape index (κ3) is 2.92. The van der Waals surface area contributed by atoms with Gasteiger partial charge in [-0.25, -0.2) is 0 Å². The van der Waals surface area contributed by atoms with Crippen molar-refractivity contribution in [2.24, 2.45) is 0 Å². The Hall–Kier alpha value is -3.32. The van der Waals surface area contributed by atoms with Crippen molar-refractivity contribution in [3.63, 3.8) is 0 Å². The zero-order chi connectivity index (χ0) is 17.4. The number of carbonyl (C=O) groups excluding carboxylic acids is 1. The maximum Gasteiger partial charge on any atom is 0.250 e. The Morgan fingerprint density at radius 3 is 2.84 bits per heavy atom. The Bertz CT molecular complexity index is 995. The first kappa shape index (κ1) is 15.2. The fourth-order valence-electron chi connectivity index (χ4n) is 2.57. The third-order valence-electron chi connectivity index (χ3n) is 3.69. The van der Waals surface area contributed by atoms with Crippen LogP contribution in [0, 0.1) is 0 Å². The largest absolute Gasteiger partial charge is 0.508 e. The van der Waals surface area contributed by atoms with Gasteiger partial charge in [0.25, 0.3) is 5.91 Å². The van der Waals surface area contributed by atoms with E-state index < -0.39 is 0 Å². The number of phenols is 1. The molecule has 25 heavy (non-hydrogen) atoms. The number of aromatic hydroxyl groups is 1. The molecule has 2 heterocycles. The molecule has 0 fully saturated rings. The number of fused-ring (bicyclic) bond motifs is 3. The van der Waals surface area contributed by atoms with Crippen LogP contribution < -0.4 is 10.6 Å². The lowest BCUT2D eigenvalue weighted by Gasteiger charge is -2.21. The van der Waals surface area contributed by atoms with E-state index in [-0.39, 0.29) is 11.7 Å². The Balaban J connectivity index is 1.65. The van der Waals surface area contributed by atoms with E-state index in [0.29, 0.717) is 22.2 Å². The Morgan fingerprint density at radius 2 is 2.04 bits per heavy atom. The number of rotatable bonds is 2. The molecule has 124 valence electrons. The average Bonchev–Trinajstić information content (AvgIpc) is 3.07. The van der Waals surface area contributed by atoms with E-state index in [2.05, 4.69) is 20.8 Å². The molecule has 8 heteroatoms. The van der Waals surface area contributed by atoms with Gasteiger partial charge in [-0.15, -0.1) is 10.2 Å². The minimum atomic E-state index is -0.340. The summed E-state index contributed by atoms with van der Waals surface area (Å²) in [5.74, 6) is 0.316. The van der Waals surface area contributed by atoms with E-state index in [1.54, 1.807) is 35.2 Å². The lowest BCUT2D eigenvalue weighted by Crippen LogP contribution is -2.17. The highest BCUT2D eigenvalue weighted by molar-refractivity contribution is 6.31. The van der Waals surface area contributed by atoms with Crippen LogP contribution in [0.5, 0.6) is 5.75 Å². The number of phenolic OH excluding ortho intramolecular Hbond substituents is 1. The van der Waals surface area contributed by atoms with Gasteiger partial charge in [0, 0.05) is 16.8 Å². The number of benzene rings is 2. The van der Waals surface area contributed by atoms with Crippen LogP contribution in [0.2, 0.25) is 5.02 Å². The minimum Gasteiger partial charge on any atom is -0.508 e. The summed E-state index contributed by atoms with van der Waals surface area (Å²) in [6, 6.07) is 11.6. The SMILES string of the molecule is O=C(/C=C1\Nc2cc(Cl)ccc2-n2cnnc21)Nc1ccc(O)cc1. The fourth-order valence-corrected chi connectivity index (χ4v) is 2.74. The number of hydrogen-bond donors (Lipinski definition) is 3. The van der Waals surface area contributed by atoms with Gasteiger partial charge in [0.1, 0.15) is 12.1 Å². The fraction of sp³-hybridized carbons (Fsp3) is 0. The van der Waals surface area contributed by atoms with Gasteiger partial charge < -0.3 is 15.7 Å². The molecule has 0 bridgehead atoms. The number of anilines is 2. The molecule has 0 aliphatic carbocycles. The second-order valence-corrected chi connectivity index (χ2v) is 5.84. The van der Waals surface area contributed by atoms with Crippen molar-refractivity contribution in [2.45, 2.75) is 0 Å². The molecule has 0 saturated carbocycles. The monoisotopic (exact) mass is 353 g/mol. The van der Waals surface area contributed by atoms with Gasteiger partial charge in [0.05, 0.1) is 17.1 Å². The maximum atomic E-state index is 12.3. The topological polar surface area (TPSA) is 92.1 Å². The molecule has 3 N–H and O–H groups in total. The molecule has 2 aromatic carbocycles. The normalized spacial score (nSPS) is 13.7. The summed E-state index contributed by atoms with van der Waals surface area (Å²) in [5.41, 5.74) is 2.67. The highest BCUT2D eigenvalue weighted by Gasteiger charge is 2.22. The first-order chi connectivity index (χ1) is 12.1. The van der Waals surface area contributed by atoms with E-state index in [0.717, 1.165) is 11.4 Å². The lowest BCUT2D eigenvalue weighted by atomic mass is 10.2. The van der Waals surface area contributed by atoms with Crippen molar-refractivity contribution in [3.8, 4) is 11.4 Å². The molecule has 4 rings (SSSR count). The minimum absolute atomic E-state index is 0.131. The van der Waals surface area contributed by atoms with E-state index in [9.17, 15) is 9.90 Å². The second kappa shape index (κ2) is 5.95. The Kier molecular flexibility index (Phi) is 3.62. The van der Waals surface area contributed by atoms with Crippen LogP contribution in [0.4, 0.5) is 11.4 Å². The zero-order valence-corrected chi connectivity index (χ0v) is 13.5. The highest BCUT2D eigenvalue weighted by Crippen LogP contribution is 2.33. The standard InChI is InChI=1S/C17H12ClN5O2/c18-10-1-6-15-13(7-10)21-14(17-22-19-9-23(15)17)8-16(25)20-11-2-4-12(24)5-3-11/h1-9,21,24H,(H,20,25)/b14-8-. The Morgan fingerprint density at radius 1 is 1.24 bits per heavy atom. The third-order valence-corrected chi connectivity index (χ3v) is 3.92. The molecule has 0 radical (unpaired) electrons. The van der Waals surface area contributed by atoms with Gasteiger partial charge in [0.15, 0.2) is 5.82 Å². The molecule has 1 aromatic heterocycles. The number of aromatic nitrogens is 3. The van der Waals surface area contributed by atoms with Crippen LogP contribution in [0.3, 0.4) is 0 Å². The average molecular weight is 354 g/mol. The summed E-state index contributed by atoms with van der Waals surface area (Å²) in [6.07, 6.45) is 2.98. The highest BCUT2D eigenvalue weighted by atomic mass is 35.5. The second-order valence-electron chi connectivity index (χ2n) is 5.41. The molecule has 7 nitrogen and oxygen atoms in total. The van der Waals surface area contributed by atoms with Crippen molar-refractivity contribution >= 4 is 34.6 Å². The predicted octanol–water partition coefficient (Wildman–Crippen LogP) is 3.03. The van der Waals surface area contributed by atoms with E-state index >= 15 is 0 Å². The molecular weight excluding hydrogens is 342 g/mol. The summed E-state index contributed by atoms with van der Waals surface area (Å²) in [6.45, 7) is 0. The number of halogens is 1. The van der Waals surface area contributed by atoms with Crippen LogP contribution >= 0.6 is 11.6 Å². The van der Waals surface area contributed by atoms with Gasteiger partial charge in [-0.2, -0.15) is 0 Å². The van der Waals surface area contributed by atoms with Crippen molar-refractivity contribution in [2.75, 3.05) is 10.6 Å². The molecule has 0 unspecified atom stereocenters. The van der Waals surface area contributed by atoms with Crippen LogP contribution in [0.15, 0.2) is 54.9 Å². The van der Waals surface area contributed by atoms with Crippen LogP contribution in [0.25, 0.3) is 11.4 Å². The molecule has 1 aliphatic heterocycles. The first-order valence-electron chi connectivity index (χ1n) is 7.39. The predicted molar refractivity (Wildman–Crippen MR) is 94.7 cm³/mol. The van der Waals surface area contributed by atoms with Crippen molar-refractivity contribution < 1.29 is 9.90 Å². The maximum absolute atomic E-state index is 12.3. The molecule has 0 atom stereocenters. The number of hydrogen-bond acceptors (Lipinski definition) is 5. The number of amides is 1. The summed E-state index contributed by atoms with van der Waals surface area (Å²) in [5, 5.41) is 23.7. The first-order valence-corrected chi connectivity index (χ1v) is 7.77. The molecule has 1 amide bonds. The zero-order valence-electron chi connectivity index (χ0n) is 12.8. The van der Waals surface area contributed by atoms with E-state index in [1.165, 1.54) is 18.2 Å². The summed E-state index contributed by atoms with van der Waals surface area (Å²) >= 11 is 6.05. The molecule has 0 spiro atoms. The molecule has 1 aliphatic rings. The van der Waals surface area contributed by atoms with Crippen molar-refractivity contribution in [1.29, 1.82) is 0 Å². The van der Waals surface area contributed by atoms with Crippen molar-refractivity contribution in [1.82, 2.24) is 14.8 Å². The van der Waals surface area contributed by atoms with Gasteiger partial charge in [0.2, 0.25) is 0 Å². The smallest absolute Gasteiger partial charge is 0.250 e. The van der Waals surface area contributed by atoms with Crippen LogP contribution in [-0.4, -0.2) is 25.8 Å². The molecule has 3 aromatic rings. The van der Waals surface area contributed by atoms with Crippen LogP contribution in [-0.2, 0) is 4.79 Å². The quantitative estimate of drug-likeness (QED) is 0.486. The summed E-state index contributed by atoms with van der Waals surface area (Å²) < 4.78 is 1.78. The molecule has 0 saturated heterocycles. The van der Waals surface area contributed by atoms with Gasteiger partial charge in [-0.05, 0) is 42.5 Å². The van der Waals surface area contributed by atoms with E-state index in [1.807, 2.05) is 6.07 Å². The molecular formula is C17H12ClN5O2. The van der Waals surface area contributed by atoms with Gasteiger partial charge >= 0.3 is 0 Å². The van der Waals surface area contributed by atoms with E-state index in [4.69, 9.17) is 11.6 Å². The van der Waals surface area contributed by atoms with Gasteiger partial charge in [-0.1, -0.05) is 11.6 Å². The lowest BCUT2D eigenvalue weighted by molar-refractivity contribution is -0.111. The number of nitrogens with one attached hydrogen (secondary N) is 2. The summed E-state index contributed by atoms with van der Waals surface area (Å²) in [4.78, 5) is 12.3. The summed E-state index contributed by atoms with van der Waals surface area (Å²) in [7, 11) is 0. The number of nitrogens with zero attached hydrogens (tertiary/aromatic N) is 3. The van der Waals surface area contributed by atoms with Crippen LogP contribution in [0.1, 0.15) is 5.82 Å². The van der Waals surface area contributed by atoms with Gasteiger partial charge in [-0.3, -0.25) is 9.36 Å². The Labute approximate surface area is 147 Å².